The summed E-state index contributed by atoms with van der Waals surface area (Å²) in [4.78, 5) is 14.1. The Kier molecular flexibility index (Phi) is 4.19. The van der Waals surface area contributed by atoms with Gasteiger partial charge in [0.2, 0.25) is 5.91 Å². The number of amides is 1. The normalized spacial score (nSPS) is 21.5. The molecule has 1 amide bonds. The molecule has 0 aliphatic carbocycles. The Bertz CT molecular complexity index is 712. The lowest BCUT2D eigenvalue weighted by Gasteiger charge is -2.25. The van der Waals surface area contributed by atoms with Gasteiger partial charge in [-0.15, -0.1) is 0 Å². The zero-order valence-corrected chi connectivity index (χ0v) is 13.5. The number of hydrogen-bond donors (Lipinski definition) is 2. The molecule has 2 aromatic rings. The highest BCUT2D eigenvalue weighted by molar-refractivity contribution is 5.91. The molecule has 1 unspecified atom stereocenters. The number of nitrogens with one attached hydrogen (secondary N) is 1. The van der Waals surface area contributed by atoms with Crippen LogP contribution in [0.1, 0.15) is 17.5 Å². The van der Waals surface area contributed by atoms with E-state index in [-0.39, 0.29) is 12.5 Å². The van der Waals surface area contributed by atoms with Gasteiger partial charge in [0.05, 0.1) is 6.54 Å². The van der Waals surface area contributed by atoms with Crippen LogP contribution in [0.5, 0.6) is 0 Å². The summed E-state index contributed by atoms with van der Waals surface area (Å²) in [5.74, 6) is 0.434. The summed E-state index contributed by atoms with van der Waals surface area (Å²) in [6.45, 7) is 3.42. The van der Waals surface area contributed by atoms with Crippen molar-refractivity contribution in [3.63, 3.8) is 0 Å². The predicted molar refractivity (Wildman–Crippen MR) is 88.0 cm³/mol. The van der Waals surface area contributed by atoms with E-state index in [1.165, 1.54) is 0 Å². The number of benzene rings is 1. The Labute approximate surface area is 135 Å². The number of aryl methyl sites for hydroxylation is 2. The maximum Gasteiger partial charge on any atom is 0.239 e. The number of aromatic nitrogens is 2. The largest absolute Gasteiger partial charge is 0.384 e. The van der Waals surface area contributed by atoms with Crippen LogP contribution in [-0.2, 0) is 17.4 Å². The van der Waals surface area contributed by atoms with Crippen LogP contribution in [0.4, 0.5) is 5.82 Å². The van der Waals surface area contributed by atoms with Crippen molar-refractivity contribution in [3.05, 3.63) is 47.7 Å². The third-order valence-corrected chi connectivity index (χ3v) is 4.32. The Balaban J connectivity index is 1.61. The molecule has 2 heterocycles. The zero-order valence-electron chi connectivity index (χ0n) is 13.5. The molecule has 3 rings (SSSR count). The van der Waals surface area contributed by atoms with E-state index >= 15 is 0 Å². The van der Waals surface area contributed by atoms with Gasteiger partial charge in [-0.05, 0) is 24.5 Å². The Hall–Kier alpha value is -2.18. The maximum atomic E-state index is 12.1. The highest BCUT2D eigenvalue weighted by Gasteiger charge is 2.38. The van der Waals surface area contributed by atoms with Gasteiger partial charge in [0.15, 0.2) is 5.82 Å². The van der Waals surface area contributed by atoms with Gasteiger partial charge in [-0.2, -0.15) is 5.10 Å². The number of β-amino-alcohol motifs (C(OH)–C–C–N with tert-alkyl or cyclic N) is 1. The minimum Gasteiger partial charge on any atom is -0.384 e. The third kappa shape index (κ3) is 3.43. The molecule has 0 saturated carbocycles. The average Bonchev–Trinajstić information content (AvgIpc) is 3.06. The molecule has 1 aliphatic rings. The first-order valence-electron chi connectivity index (χ1n) is 7.77. The molecule has 0 radical (unpaired) electrons. The molecule has 1 aliphatic heterocycles. The number of rotatable bonds is 4. The van der Waals surface area contributed by atoms with Crippen LogP contribution in [0, 0.1) is 6.92 Å². The molecular weight excluding hydrogens is 292 g/mol. The first-order valence-corrected chi connectivity index (χ1v) is 7.77. The van der Waals surface area contributed by atoms with Gasteiger partial charge in [0.25, 0.3) is 0 Å². The average molecular weight is 314 g/mol. The van der Waals surface area contributed by atoms with Crippen LogP contribution in [0.15, 0.2) is 36.5 Å². The van der Waals surface area contributed by atoms with E-state index in [1.54, 1.807) is 24.0 Å². The Morgan fingerprint density at radius 2 is 2.17 bits per heavy atom. The summed E-state index contributed by atoms with van der Waals surface area (Å²) >= 11 is 0. The van der Waals surface area contributed by atoms with Gasteiger partial charge in [-0.3, -0.25) is 14.4 Å². The minimum atomic E-state index is -0.878. The van der Waals surface area contributed by atoms with Crippen molar-refractivity contribution in [1.82, 2.24) is 14.7 Å². The molecule has 6 heteroatoms. The lowest BCUT2D eigenvalue weighted by atomic mass is 9.89. The van der Waals surface area contributed by atoms with E-state index in [4.69, 9.17) is 0 Å². The molecule has 1 saturated heterocycles. The number of likely N-dealkylation sites (tertiary alicyclic amines) is 1. The summed E-state index contributed by atoms with van der Waals surface area (Å²) in [6, 6.07) is 9.63. The number of hydrogen-bond acceptors (Lipinski definition) is 4. The fourth-order valence-corrected chi connectivity index (χ4v) is 3.19. The van der Waals surface area contributed by atoms with Crippen LogP contribution >= 0.6 is 0 Å². The van der Waals surface area contributed by atoms with Crippen LogP contribution in [0.25, 0.3) is 0 Å². The van der Waals surface area contributed by atoms with E-state index in [2.05, 4.69) is 10.4 Å². The molecule has 1 fully saturated rings. The second kappa shape index (κ2) is 6.14. The van der Waals surface area contributed by atoms with Crippen LogP contribution in [0.2, 0.25) is 0 Å². The van der Waals surface area contributed by atoms with Gasteiger partial charge in [-0.1, -0.05) is 24.3 Å². The fourth-order valence-electron chi connectivity index (χ4n) is 3.19. The SMILES string of the molecule is Cc1ccccc1C1(O)CCN(CC(=O)Nc2ccn(C)n2)C1. The molecule has 0 spiro atoms. The van der Waals surface area contributed by atoms with Crippen molar-refractivity contribution in [3.8, 4) is 0 Å². The summed E-state index contributed by atoms with van der Waals surface area (Å²) in [7, 11) is 1.80. The lowest BCUT2D eigenvalue weighted by Crippen LogP contribution is -2.35. The molecule has 122 valence electrons. The van der Waals surface area contributed by atoms with E-state index in [0.29, 0.717) is 25.3 Å². The monoisotopic (exact) mass is 314 g/mol. The molecule has 23 heavy (non-hydrogen) atoms. The summed E-state index contributed by atoms with van der Waals surface area (Å²) < 4.78 is 1.64. The van der Waals surface area contributed by atoms with Gasteiger partial charge in [0.1, 0.15) is 5.60 Å². The van der Waals surface area contributed by atoms with E-state index in [1.807, 2.05) is 36.1 Å². The van der Waals surface area contributed by atoms with Crippen LogP contribution < -0.4 is 5.32 Å². The second-order valence-corrected chi connectivity index (χ2v) is 6.23. The molecule has 1 aromatic carbocycles. The maximum absolute atomic E-state index is 12.1. The smallest absolute Gasteiger partial charge is 0.239 e. The van der Waals surface area contributed by atoms with E-state index < -0.39 is 5.60 Å². The fraction of sp³-hybridized carbons (Fsp3) is 0.412. The number of aliphatic hydroxyl groups is 1. The van der Waals surface area contributed by atoms with Gasteiger partial charge < -0.3 is 10.4 Å². The summed E-state index contributed by atoms with van der Waals surface area (Å²) in [6.07, 6.45) is 2.41. The lowest BCUT2D eigenvalue weighted by molar-refractivity contribution is -0.117. The molecule has 6 nitrogen and oxygen atoms in total. The topological polar surface area (TPSA) is 70.4 Å². The first-order chi connectivity index (χ1) is 11.0. The number of anilines is 1. The number of carbonyl (C=O) groups is 1. The molecule has 0 bridgehead atoms. The standard InChI is InChI=1S/C17H22N4O2/c1-13-5-3-4-6-14(13)17(23)8-10-21(12-17)11-16(22)18-15-7-9-20(2)19-15/h3-7,9,23H,8,10-12H2,1-2H3,(H,18,19,22). The summed E-state index contributed by atoms with van der Waals surface area (Å²) in [5.41, 5.74) is 1.15. The van der Waals surface area contributed by atoms with Crippen molar-refractivity contribution in [1.29, 1.82) is 0 Å². The quantitative estimate of drug-likeness (QED) is 0.891. The minimum absolute atomic E-state index is 0.113. The molecule has 2 N–H and O–H groups in total. The Morgan fingerprint density at radius 3 is 2.87 bits per heavy atom. The van der Waals surface area contributed by atoms with Gasteiger partial charge in [0, 0.05) is 32.4 Å². The zero-order chi connectivity index (χ0) is 16.4. The summed E-state index contributed by atoms with van der Waals surface area (Å²) in [5, 5.41) is 17.8. The predicted octanol–water partition coefficient (Wildman–Crippen LogP) is 1.26. The van der Waals surface area contributed by atoms with E-state index in [9.17, 15) is 9.90 Å². The van der Waals surface area contributed by atoms with E-state index in [0.717, 1.165) is 11.1 Å². The van der Waals surface area contributed by atoms with Gasteiger partial charge >= 0.3 is 0 Å². The Morgan fingerprint density at radius 1 is 1.39 bits per heavy atom. The highest BCUT2D eigenvalue weighted by Crippen LogP contribution is 2.33. The molecule has 1 aromatic heterocycles. The van der Waals surface area contributed by atoms with Crippen molar-refractivity contribution in [2.45, 2.75) is 18.9 Å². The van der Waals surface area contributed by atoms with Crippen LogP contribution in [0.3, 0.4) is 0 Å². The van der Waals surface area contributed by atoms with Crippen LogP contribution in [-0.4, -0.2) is 45.3 Å². The second-order valence-electron chi connectivity index (χ2n) is 6.23. The molecular formula is C17H22N4O2. The number of nitrogens with zero attached hydrogens (tertiary/aromatic N) is 3. The van der Waals surface area contributed by atoms with Crippen molar-refractivity contribution >= 4 is 11.7 Å². The van der Waals surface area contributed by atoms with Crippen molar-refractivity contribution in [2.24, 2.45) is 7.05 Å². The highest BCUT2D eigenvalue weighted by atomic mass is 16.3. The van der Waals surface area contributed by atoms with Crippen molar-refractivity contribution < 1.29 is 9.90 Å². The van der Waals surface area contributed by atoms with Gasteiger partial charge in [-0.25, -0.2) is 0 Å². The number of carbonyl (C=O) groups excluding carboxylic acids is 1. The van der Waals surface area contributed by atoms with Crippen molar-refractivity contribution in [2.75, 3.05) is 25.0 Å². The molecule has 1 atom stereocenters. The third-order valence-electron chi connectivity index (χ3n) is 4.32. The first kappa shape index (κ1) is 15.7.